The molecule has 0 radical (unpaired) electrons. The molecule has 0 aromatic carbocycles. The van der Waals surface area contributed by atoms with Crippen LogP contribution < -0.4 is 10.2 Å². The monoisotopic (exact) mass is 357 g/mol. The minimum absolute atomic E-state index is 0.0590. The first-order valence-corrected chi connectivity index (χ1v) is 9.05. The maximum absolute atomic E-state index is 12.3. The third-order valence-corrected chi connectivity index (χ3v) is 4.81. The predicted molar refractivity (Wildman–Crippen MR) is 96.3 cm³/mol. The van der Waals surface area contributed by atoms with Crippen molar-refractivity contribution in [2.75, 3.05) is 49.5 Å². The molecule has 4 rings (SSSR count). The van der Waals surface area contributed by atoms with Crippen LogP contribution in [0, 0.1) is 0 Å². The van der Waals surface area contributed by atoms with E-state index in [1.807, 2.05) is 11.0 Å². The maximum Gasteiger partial charge on any atom is 0.289 e. The lowest BCUT2D eigenvalue weighted by atomic mass is 10.2. The van der Waals surface area contributed by atoms with E-state index in [9.17, 15) is 4.79 Å². The maximum atomic E-state index is 12.3. The summed E-state index contributed by atoms with van der Waals surface area (Å²) in [6.45, 7) is 4.36. The van der Waals surface area contributed by atoms with Crippen LogP contribution in [0.5, 0.6) is 0 Å². The van der Waals surface area contributed by atoms with Gasteiger partial charge in [0, 0.05) is 45.4 Å². The first-order chi connectivity index (χ1) is 12.8. The Hall–Kier alpha value is -2.61. The van der Waals surface area contributed by atoms with Gasteiger partial charge in [0.2, 0.25) is 0 Å². The van der Waals surface area contributed by atoms with Crippen LogP contribution in [0.1, 0.15) is 23.4 Å². The summed E-state index contributed by atoms with van der Waals surface area (Å²) in [6, 6.07) is 5.39. The summed E-state index contributed by atoms with van der Waals surface area (Å²) < 4.78 is 10.8. The molecule has 26 heavy (non-hydrogen) atoms. The van der Waals surface area contributed by atoms with Crippen LogP contribution >= 0.6 is 0 Å². The van der Waals surface area contributed by atoms with Crippen LogP contribution in [0.15, 0.2) is 35.2 Å². The van der Waals surface area contributed by atoms with Crippen LogP contribution in [-0.4, -0.2) is 66.2 Å². The number of ether oxygens (including phenoxy) is 1. The molecule has 2 aliphatic rings. The molecule has 2 aromatic rings. The lowest BCUT2D eigenvalue weighted by Crippen LogP contribution is -2.49. The molecule has 8 nitrogen and oxygen atoms in total. The molecule has 0 bridgehead atoms. The van der Waals surface area contributed by atoms with Crippen LogP contribution in [0.25, 0.3) is 0 Å². The Labute approximate surface area is 152 Å². The largest absolute Gasteiger partial charge is 0.459 e. The minimum atomic E-state index is -0.0590. The van der Waals surface area contributed by atoms with Crippen LogP contribution in [0.3, 0.4) is 0 Å². The third-order valence-electron chi connectivity index (χ3n) is 4.81. The van der Waals surface area contributed by atoms with Gasteiger partial charge < -0.3 is 24.3 Å². The Kier molecular flexibility index (Phi) is 5.01. The fourth-order valence-electron chi connectivity index (χ4n) is 3.34. The first kappa shape index (κ1) is 16.8. The summed E-state index contributed by atoms with van der Waals surface area (Å²) in [5.74, 6) is 2.01. The molecule has 1 atom stereocenters. The number of carbonyl (C=O) groups excluding carboxylic acids is 1. The molecule has 8 heteroatoms. The zero-order chi connectivity index (χ0) is 17.8. The van der Waals surface area contributed by atoms with Crippen LogP contribution in [0.4, 0.5) is 11.6 Å². The van der Waals surface area contributed by atoms with Gasteiger partial charge in [-0.15, -0.1) is 0 Å². The predicted octanol–water partition coefficient (Wildman–Crippen LogP) is 1.62. The minimum Gasteiger partial charge on any atom is -0.459 e. The fourth-order valence-corrected chi connectivity index (χ4v) is 3.34. The summed E-state index contributed by atoms with van der Waals surface area (Å²) in [5.41, 5.74) is 0. The lowest BCUT2D eigenvalue weighted by molar-refractivity contribution is 0.0714. The van der Waals surface area contributed by atoms with Gasteiger partial charge in [-0.25, -0.2) is 9.97 Å². The van der Waals surface area contributed by atoms with Gasteiger partial charge in [-0.2, -0.15) is 0 Å². The van der Waals surface area contributed by atoms with Gasteiger partial charge in [-0.05, 0) is 25.0 Å². The molecule has 0 saturated carbocycles. The SMILES string of the molecule is O=C(c1ccco1)N1CCN(c2cc(NCC3CCCO3)ncn2)CC1. The van der Waals surface area contributed by atoms with Gasteiger partial charge in [-0.1, -0.05) is 0 Å². The molecule has 2 fully saturated rings. The molecule has 1 unspecified atom stereocenters. The number of anilines is 2. The molecule has 0 aliphatic carbocycles. The molecular weight excluding hydrogens is 334 g/mol. The molecule has 1 amide bonds. The molecule has 0 spiro atoms. The number of piperazine rings is 1. The highest BCUT2D eigenvalue weighted by atomic mass is 16.5. The van der Waals surface area contributed by atoms with Crippen LogP contribution in [-0.2, 0) is 4.74 Å². The first-order valence-electron chi connectivity index (χ1n) is 9.05. The van der Waals surface area contributed by atoms with Gasteiger partial charge in [0.1, 0.15) is 18.0 Å². The summed E-state index contributed by atoms with van der Waals surface area (Å²) in [5, 5.41) is 3.33. The Morgan fingerprint density at radius 3 is 2.88 bits per heavy atom. The molecule has 2 saturated heterocycles. The summed E-state index contributed by atoms with van der Waals surface area (Å²) in [7, 11) is 0. The van der Waals surface area contributed by atoms with Crippen molar-refractivity contribution in [2.24, 2.45) is 0 Å². The van der Waals surface area contributed by atoms with Gasteiger partial charge in [0.25, 0.3) is 5.91 Å². The van der Waals surface area contributed by atoms with E-state index in [0.717, 1.165) is 50.7 Å². The smallest absolute Gasteiger partial charge is 0.289 e. The summed E-state index contributed by atoms with van der Waals surface area (Å²) >= 11 is 0. The highest BCUT2D eigenvalue weighted by Crippen LogP contribution is 2.18. The highest BCUT2D eigenvalue weighted by Gasteiger charge is 2.24. The zero-order valence-corrected chi connectivity index (χ0v) is 14.6. The van der Waals surface area contributed by atoms with Crippen molar-refractivity contribution in [3.63, 3.8) is 0 Å². The molecule has 2 aliphatic heterocycles. The van der Waals surface area contributed by atoms with Crippen molar-refractivity contribution in [1.82, 2.24) is 14.9 Å². The Balaban J connectivity index is 1.32. The fraction of sp³-hybridized carbons (Fsp3) is 0.500. The van der Waals surface area contributed by atoms with E-state index in [1.54, 1.807) is 18.5 Å². The van der Waals surface area contributed by atoms with Crippen molar-refractivity contribution in [1.29, 1.82) is 0 Å². The van der Waals surface area contributed by atoms with Gasteiger partial charge in [0.15, 0.2) is 5.76 Å². The van der Waals surface area contributed by atoms with Gasteiger partial charge >= 0.3 is 0 Å². The van der Waals surface area contributed by atoms with Gasteiger partial charge in [0.05, 0.1) is 12.4 Å². The van der Waals surface area contributed by atoms with Crippen LogP contribution in [0.2, 0.25) is 0 Å². The zero-order valence-electron chi connectivity index (χ0n) is 14.6. The van der Waals surface area contributed by atoms with Gasteiger partial charge in [-0.3, -0.25) is 4.79 Å². The number of amides is 1. The summed E-state index contributed by atoms with van der Waals surface area (Å²) in [6.07, 6.45) is 5.59. The standard InChI is InChI=1S/C18H23N5O3/c24-18(15-4-2-10-26-15)23-7-5-22(6-8-23)17-11-16(20-13-21-17)19-12-14-3-1-9-25-14/h2,4,10-11,13-14H,1,3,5-9,12H2,(H,19,20,21). The second-order valence-corrected chi connectivity index (χ2v) is 6.53. The third kappa shape index (κ3) is 3.80. The van der Waals surface area contributed by atoms with E-state index in [2.05, 4.69) is 20.2 Å². The number of aromatic nitrogens is 2. The average Bonchev–Trinajstić information content (AvgIpc) is 3.40. The normalized spacial score (nSPS) is 20.4. The molecule has 4 heterocycles. The van der Waals surface area contributed by atoms with Crippen molar-refractivity contribution in [3.05, 3.63) is 36.5 Å². The van der Waals surface area contributed by atoms with E-state index in [1.165, 1.54) is 6.26 Å². The average molecular weight is 357 g/mol. The number of nitrogens with one attached hydrogen (secondary N) is 1. The molecule has 1 N–H and O–H groups in total. The van der Waals surface area contributed by atoms with E-state index in [0.29, 0.717) is 18.8 Å². The Bertz CT molecular complexity index is 722. The van der Waals surface area contributed by atoms with Crippen molar-refractivity contribution in [2.45, 2.75) is 18.9 Å². The number of hydrogen-bond donors (Lipinski definition) is 1. The summed E-state index contributed by atoms with van der Waals surface area (Å²) in [4.78, 5) is 25.0. The second-order valence-electron chi connectivity index (χ2n) is 6.53. The Morgan fingerprint density at radius 2 is 2.15 bits per heavy atom. The number of hydrogen-bond acceptors (Lipinski definition) is 7. The Morgan fingerprint density at radius 1 is 1.27 bits per heavy atom. The van der Waals surface area contributed by atoms with Crippen molar-refractivity contribution in [3.8, 4) is 0 Å². The van der Waals surface area contributed by atoms with E-state index in [-0.39, 0.29) is 12.0 Å². The lowest BCUT2D eigenvalue weighted by Gasteiger charge is -2.35. The molecule has 2 aromatic heterocycles. The number of rotatable bonds is 5. The second kappa shape index (κ2) is 7.74. The quantitative estimate of drug-likeness (QED) is 0.870. The molecule has 138 valence electrons. The topological polar surface area (TPSA) is 83.7 Å². The van der Waals surface area contributed by atoms with E-state index in [4.69, 9.17) is 9.15 Å². The van der Waals surface area contributed by atoms with E-state index >= 15 is 0 Å². The number of furan rings is 1. The highest BCUT2D eigenvalue weighted by molar-refractivity contribution is 5.91. The number of nitrogens with zero attached hydrogens (tertiary/aromatic N) is 4. The van der Waals surface area contributed by atoms with Crippen molar-refractivity contribution < 1.29 is 13.9 Å². The van der Waals surface area contributed by atoms with Crippen molar-refractivity contribution >= 4 is 17.5 Å². The number of carbonyl (C=O) groups is 1. The van der Waals surface area contributed by atoms with E-state index < -0.39 is 0 Å². The molecular formula is C18H23N5O3.